The molecular weight excluding hydrogens is 164 g/mol. The Bertz CT molecular complexity index is 308. The first-order chi connectivity index (χ1) is 6.27. The average molecular weight is 178 g/mol. The number of benzene rings is 1. The molecule has 0 aliphatic rings. The zero-order chi connectivity index (χ0) is 9.68. The summed E-state index contributed by atoms with van der Waals surface area (Å²) in [5, 5.41) is 8.94. The van der Waals surface area contributed by atoms with Crippen LogP contribution in [0.3, 0.4) is 0 Å². The van der Waals surface area contributed by atoms with Crippen LogP contribution in [0.15, 0.2) is 24.3 Å². The van der Waals surface area contributed by atoms with Crippen molar-refractivity contribution in [2.75, 3.05) is 12.3 Å². The highest BCUT2D eigenvalue weighted by Gasteiger charge is 1.96. The van der Waals surface area contributed by atoms with Gasteiger partial charge in [-0.05, 0) is 17.7 Å². The summed E-state index contributed by atoms with van der Waals surface area (Å²) in [5.74, 6) is 0. The van der Waals surface area contributed by atoms with Gasteiger partial charge in [-0.2, -0.15) is 0 Å². The Hall–Kier alpha value is -1.32. The van der Waals surface area contributed by atoms with Crippen molar-refractivity contribution in [3.8, 4) is 0 Å². The highest BCUT2D eigenvalue weighted by molar-refractivity contribution is 5.57. The number of hydrogen-bond acceptors (Lipinski definition) is 3. The van der Waals surface area contributed by atoms with E-state index in [0.29, 0.717) is 12.2 Å². The van der Waals surface area contributed by atoms with Gasteiger partial charge in [0.15, 0.2) is 0 Å². The van der Waals surface area contributed by atoms with E-state index in [1.165, 1.54) is 0 Å². The maximum atomic E-state index is 8.94. The normalized spacial score (nSPS) is 10.9. The van der Waals surface area contributed by atoms with Crippen LogP contribution in [0.1, 0.15) is 11.1 Å². The first-order valence-electron chi connectivity index (χ1n) is 4.13. The molecule has 5 N–H and O–H groups in total. The summed E-state index contributed by atoms with van der Waals surface area (Å²) < 4.78 is 0. The van der Waals surface area contributed by atoms with E-state index in [9.17, 15) is 0 Å². The molecule has 0 fully saturated rings. The summed E-state index contributed by atoms with van der Waals surface area (Å²) in [7, 11) is 0. The van der Waals surface area contributed by atoms with Crippen LogP contribution < -0.4 is 11.5 Å². The number of aliphatic hydroxyl groups excluding tert-OH is 1. The predicted octanol–water partition coefficient (Wildman–Crippen LogP) is 0.733. The lowest BCUT2D eigenvalue weighted by molar-refractivity contribution is 0.282. The van der Waals surface area contributed by atoms with Crippen molar-refractivity contribution in [2.24, 2.45) is 5.73 Å². The Morgan fingerprint density at radius 3 is 2.77 bits per heavy atom. The molecule has 0 spiro atoms. The molecule has 3 heteroatoms. The quantitative estimate of drug-likeness (QED) is 0.597. The van der Waals surface area contributed by atoms with E-state index < -0.39 is 0 Å². The largest absolute Gasteiger partial charge is 0.398 e. The molecule has 1 aromatic rings. The first kappa shape index (κ1) is 9.77. The molecule has 70 valence electrons. The molecule has 3 nitrogen and oxygen atoms in total. The molecule has 0 aliphatic carbocycles. The fourth-order valence-electron chi connectivity index (χ4n) is 1.07. The molecule has 0 heterocycles. The minimum atomic E-state index is -0.0316. The Kier molecular flexibility index (Phi) is 3.49. The van der Waals surface area contributed by atoms with Crippen LogP contribution in [0.2, 0.25) is 0 Å². The highest BCUT2D eigenvalue weighted by atomic mass is 16.3. The standard InChI is InChI=1S/C10H14N2O/c11-5-1-2-8-3-4-10(12)9(6-8)7-13/h1-4,6,13H,5,7,11-12H2. The van der Waals surface area contributed by atoms with Gasteiger partial charge in [0.2, 0.25) is 0 Å². The van der Waals surface area contributed by atoms with Gasteiger partial charge in [0.1, 0.15) is 0 Å². The van der Waals surface area contributed by atoms with Crippen molar-refractivity contribution in [1.29, 1.82) is 0 Å². The van der Waals surface area contributed by atoms with Crippen LogP contribution in [0.5, 0.6) is 0 Å². The van der Waals surface area contributed by atoms with Gasteiger partial charge in [-0.1, -0.05) is 18.2 Å². The molecule has 0 saturated carbocycles. The van der Waals surface area contributed by atoms with Gasteiger partial charge in [0, 0.05) is 17.8 Å². The Morgan fingerprint density at radius 2 is 2.15 bits per heavy atom. The van der Waals surface area contributed by atoms with Crippen molar-refractivity contribution < 1.29 is 5.11 Å². The van der Waals surface area contributed by atoms with Gasteiger partial charge < -0.3 is 16.6 Å². The van der Waals surface area contributed by atoms with Crippen LogP contribution in [0, 0.1) is 0 Å². The molecule has 0 saturated heterocycles. The lowest BCUT2D eigenvalue weighted by Gasteiger charge is -2.02. The summed E-state index contributed by atoms with van der Waals surface area (Å²) in [5.41, 5.74) is 13.3. The van der Waals surface area contributed by atoms with E-state index in [-0.39, 0.29) is 6.61 Å². The summed E-state index contributed by atoms with van der Waals surface area (Å²) in [6.45, 7) is 0.481. The molecule has 0 atom stereocenters. The number of rotatable bonds is 3. The molecular formula is C10H14N2O. The Balaban J connectivity index is 2.92. The number of nitrogens with two attached hydrogens (primary N) is 2. The van der Waals surface area contributed by atoms with Crippen LogP contribution >= 0.6 is 0 Å². The fraction of sp³-hybridized carbons (Fsp3) is 0.200. The maximum Gasteiger partial charge on any atom is 0.0702 e. The topological polar surface area (TPSA) is 72.3 Å². The van der Waals surface area contributed by atoms with Gasteiger partial charge in [-0.3, -0.25) is 0 Å². The first-order valence-corrected chi connectivity index (χ1v) is 4.13. The second-order valence-corrected chi connectivity index (χ2v) is 2.75. The summed E-state index contributed by atoms with van der Waals surface area (Å²) in [6.07, 6.45) is 3.76. The average Bonchev–Trinajstić information content (AvgIpc) is 2.16. The third-order valence-electron chi connectivity index (χ3n) is 1.78. The van der Waals surface area contributed by atoms with Gasteiger partial charge >= 0.3 is 0 Å². The molecule has 0 radical (unpaired) electrons. The second kappa shape index (κ2) is 4.64. The molecule has 0 bridgehead atoms. The highest BCUT2D eigenvalue weighted by Crippen LogP contribution is 2.14. The van der Waals surface area contributed by atoms with E-state index in [4.69, 9.17) is 16.6 Å². The molecule has 0 aliphatic heterocycles. The lowest BCUT2D eigenvalue weighted by atomic mass is 10.1. The summed E-state index contributed by atoms with van der Waals surface area (Å²) in [4.78, 5) is 0. The zero-order valence-electron chi connectivity index (χ0n) is 7.40. The van der Waals surface area contributed by atoms with Gasteiger partial charge in [0.25, 0.3) is 0 Å². The van der Waals surface area contributed by atoms with E-state index in [2.05, 4.69) is 0 Å². The summed E-state index contributed by atoms with van der Waals surface area (Å²) >= 11 is 0. The molecule has 0 aromatic heterocycles. The number of anilines is 1. The predicted molar refractivity (Wildman–Crippen MR) is 54.9 cm³/mol. The fourth-order valence-corrected chi connectivity index (χ4v) is 1.07. The number of aliphatic hydroxyl groups is 1. The van der Waals surface area contributed by atoms with Gasteiger partial charge in [0.05, 0.1) is 6.61 Å². The minimum Gasteiger partial charge on any atom is -0.398 e. The van der Waals surface area contributed by atoms with E-state index >= 15 is 0 Å². The third kappa shape index (κ3) is 2.57. The molecule has 0 unspecified atom stereocenters. The number of nitrogen functional groups attached to an aromatic ring is 1. The maximum absolute atomic E-state index is 8.94. The Labute approximate surface area is 77.7 Å². The molecule has 13 heavy (non-hydrogen) atoms. The zero-order valence-corrected chi connectivity index (χ0v) is 7.40. The Morgan fingerprint density at radius 1 is 1.38 bits per heavy atom. The van der Waals surface area contributed by atoms with E-state index in [1.807, 2.05) is 24.3 Å². The number of hydrogen-bond donors (Lipinski definition) is 3. The van der Waals surface area contributed by atoms with Crippen LogP contribution in [-0.4, -0.2) is 11.7 Å². The van der Waals surface area contributed by atoms with Crippen molar-refractivity contribution in [3.05, 3.63) is 35.4 Å². The summed E-state index contributed by atoms with van der Waals surface area (Å²) in [6, 6.07) is 5.52. The SMILES string of the molecule is NCC=Cc1ccc(N)c(CO)c1. The van der Waals surface area contributed by atoms with Crippen LogP contribution in [0.4, 0.5) is 5.69 Å². The molecule has 0 amide bonds. The minimum absolute atomic E-state index is 0.0316. The van der Waals surface area contributed by atoms with Crippen molar-refractivity contribution >= 4 is 11.8 Å². The van der Waals surface area contributed by atoms with E-state index in [0.717, 1.165) is 11.1 Å². The molecule has 1 aromatic carbocycles. The second-order valence-electron chi connectivity index (χ2n) is 2.75. The molecule has 1 rings (SSSR count). The van der Waals surface area contributed by atoms with Crippen molar-refractivity contribution in [1.82, 2.24) is 0 Å². The van der Waals surface area contributed by atoms with Gasteiger partial charge in [-0.25, -0.2) is 0 Å². The van der Waals surface area contributed by atoms with Crippen molar-refractivity contribution in [3.63, 3.8) is 0 Å². The van der Waals surface area contributed by atoms with Crippen LogP contribution in [0.25, 0.3) is 6.08 Å². The third-order valence-corrected chi connectivity index (χ3v) is 1.78. The van der Waals surface area contributed by atoms with E-state index in [1.54, 1.807) is 6.07 Å². The smallest absolute Gasteiger partial charge is 0.0702 e. The monoisotopic (exact) mass is 178 g/mol. The van der Waals surface area contributed by atoms with Gasteiger partial charge in [-0.15, -0.1) is 0 Å². The lowest BCUT2D eigenvalue weighted by Crippen LogP contribution is -1.95. The van der Waals surface area contributed by atoms with Crippen LogP contribution in [-0.2, 0) is 6.61 Å². The van der Waals surface area contributed by atoms with Crippen molar-refractivity contribution in [2.45, 2.75) is 6.61 Å².